The number of rotatable bonds is 6. The first-order valence-electron chi connectivity index (χ1n) is 22.4. The fourth-order valence-corrected chi connectivity index (χ4v) is 11.8. The van der Waals surface area contributed by atoms with E-state index in [0.717, 1.165) is 61.4 Å². The molecule has 67 heavy (non-hydrogen) atoms. The molecule has 2 aliphatic heterocycles. The smallest absolute Gasteiger partial charge is 0.259 e. The van der Waals surface area contributed by atoms with Gasteiger partial charge in [0.05, 0.1) is 78.8 Å². The molecule has 0 aliphatic carbocycles. The molecule has 2 aliphatic rings. The first-order valence-corrected chi connectivity index (χ1v) is 26.5. The number of halogens is 2. The van der Waals surface area contributed by atoms with Gasteiger partial charge in [0.15, 0.2) is 13.2 Å². The number of hydrogen-bond donors (Lipinski definition) is 0. The van der Waals surface area contributed by atoms with Crippen LogP contribution in [0.2, 0.25) is 0 Å². The maximum atomic E-state index is 12.6. The van der Waals surface area contributed by atoms with Crippen LogP contribution in [0.4, 0.5) is 0 Å². The van der Waals surface area contributed by atoms with E-state index in [9.17, 15) is 9.59 Å². The molecule has 0 unspecified atom stereocenters. The van der Waals surface area contributed by atoms with E-state index in [0.29, 0.717) is 62.6 Å². The van der Waals surface area contributed by atoms with Gasteiger partial charge in [0, 0.05) is 0 Å². The lowest BCUT2D eigenvalue weighted by Gasteiger charge is -2.28. The Kier molecular flexibility index (Phi) is 18.1. The van der Waals surface area contributed by atoms with Crippen LogP contribution in [0.15, 0.2) is 87.7 Å². The Balaban J connectivity index is 1.80. The van der Waals surface area contributed by atoms with Crippen LogP contribution in [0.5, 0.6) is 23.0 Å². The second-order valence-electron chi connectivity index (χ2n) is 20.4. The molecule has 0 saturated heterocycles. The third-order valence-electron chi connectivity index (χ3n) is 10.8. The Bertz CT molecular complexity index is 2170. The maximum Gasteiger partial charge on any atom is 0.259 e. The molecule has 9 nitrogen and oxygen atoms in total. The van der Waals surface area contributed by atoms with Gasteiger partial charge in [-0.2, -0.15) is 0 Å². The number of fused-ring (bicyclic) bond motifs is 2. The van der Waals surface area contributed by atoms with Crippen LogP contribution < -0.4 is 18.9 Å². The van der Waals surface area contributed by atoms with Gasteiger partial charge in [-0.3, -0.25) is 9.59 Å². The molecule has 4 aromatic carbocycles. The van der Waals surface area contributed by atoms with Crippen molar-refractivity contribution in [1.82, 2.24) is 0 Å². The van der Waals surface area contributed by atoms with E-state index >= 15 is 0 Å². The molecule has 0 aromatic heterocycles. The Morgan fingerprint density at radius 3 is 0.866 bits per heavy atom. The minimum atomic E-state index is -0.618. The van der Waals surface area contributed by atoms with Gasteiger partial charge < -0.3 is 33.2 Å². The van der Waals surface area contributed by atoms with Crippen LogP contribution >= 0.6 is 70.2 Å². The minimum absolute atomic E-state index is 0.243. The Labute approximate surface area is 424 Å². The lowest BCUT2D eigenvalue weighted by atomic mass is 9.87. The predicted molar refractivity (Wildman–Crippen MR) is 273 cm³/mol. The molecule has 0 radical (unpaired) electrons. The Morgan fingerprint density at radius 2 is 0.642 bits per heavy atom. The molecular weight excluding hydrogens is 968 g/mol. The molecule has 10 bridgehead atoms. The van der Waals surface area contributed by atoms with Gasteiger partial charge in [-0.1, -0.05) is 130 Å². The molecule has 0 amide bonds. The Morgan fingerprint density at radius 1 is 0.418 bits per heavy atom. The van der Waals surface area contributed by atoms with Gasteiger partial charge >= 0.3 is 0 Å². The SMILES string of the molecule is CC(C)(C)c1cc2c3c(c1)Sc1cc(C(C)(C)C)cc(c1OCC(=O)Cl)Sc1cc(C(C)(C)C)cc(c1OCCOCCOCCOCCO3)Sc1cc(C(C)(C)C)cc(c1OCC(=O)Cl)S2. The summed E-state index contributed by atoms with van der Waals surface area (Å²) in [6, 6.07) is 17.3. The fraction of sp³-hybridized carbons (Fsp3) is 0.500. The highest BCUT2D eigenvalue weighted by atomic mass is 35.5. The fourth-order valence-electron chi connectivity index (χ4n) is 6.89. The molecule has 2 heterocycles. The van der Waals surface area contributed by atoms with Crippen LogP contribution in [-0.4, -0.2) is 76.6 Å². The minimum Gasteiger partial charge on any atom is -0.489 e. The number of carbonyl (C=O) groups excluding carboxylic acids is 2. The summed E-state index contributed by atoms with van der Waals surface area (Å²) in [7, 11) is 0. The largest absolute Gasteiger partial charge is 0.489 e. The molecule has 15 heteroatoms. The van der Waals surface area contributed by atoms with Gasteiger partial charge in [-0.15, -0.1) is 0 Å². The summed E-state index contributed by atoms with van der Waals surface area (Å²) in [6.45, 7) is 28.2. The highest BCUT2D eigenvalue weighted by molar-refractivity contribution is 8.01. The van der Waals surface area contributed by atoms with Crippen molar-refractivity contribution in [3.05, 3.63) is 70.8 Å². The summed E-state index contributed by atoms with van der Waals surface area (Å²) in [5, 5.41) is -1.24. The van der Waals surface area contributed by atoms with Crippen LogP contribution in [0.3, 0.4) is 0 Å². The van der Waals surface area contributed by atoms with E-state index < -0.39 is 10.5 Å². The van der Waals surface area contributed by atoms with E-state index in [-0.39, 0.29) is 48.1 Å². The summed E-state index contributed by atoms with van der Waals surface area (Å²) in [5.74, 6) is 2.30. The quantitative estimate of drug-likeness (QED) is 0.151. The molecular formula is C52H64Cl2O9S4. The number of ether oxygens (including phenoxy) is 7. The van der Waals surface area contributed by atoms with Gasteiger partial charge in [-0.05, 0) is 116 Å². The van der Waals surface area contributed by atoms with Crippen molar-refractivity contribution in [2.24, 2.45) is 0 Å². The summed E-state index contributed by atoms with van der Waals surface area (Å²) in [5.41, 5.74) is 3.11. The zero-order chi connectivity index (χ0) is 48.9. The Hall–Kier alpha value is -2.72. The molecule has 0 N–H and O–H groups in total. The number of benzene rings is 4. The number of hydrogen-bond acceptors (Lipinski definition) is 13. The van der Waals surface area contributed by atoms with Crippen LogP contribution in [0, 0.1) is 0 Å². The second kappa shape index (κ2) is 22.6. The highest BCUT2D eigenvalue weighted by Crippen LogP contribution is 2.56. The molecule has 0 atom stereocenters. The first kappa shape index (κ1) is 53.6. The van der Waals surface area contributed by atoms with Crippen LogP contribution in [0.1, 0.15) is 105 Å². The van der Waals surface area contributed by atoms with Crippen molar-refractivity contribution in [3.63, 3.8) is 0 Å². The standard InChI is InChI=1S/C52H64Cl2O9S4/c1-49(2,3)31-21-35-45-36(22-31)65-40-26-34(52(10,11)12)28-42(48(40)63-30-44(54)56)67-38-24-32(50(4,5)6)23-37(46(38)61-20-18-59-16-14-57-13-15-58-17-19-60-45)66-41-27-33(51(7,8)9)25-39(64-35)47(41)62-29-43(53)55/h21-28H,13-20,29-30H2,1-12H3. The normalized spacial score (nSPS) is 15.8. The van der Waals surface area contributed by atoms with Gasteiger partial charge in [0.1, 0.15) is 36.2 Å². The third-order valence-corrected chi connectivity index (χ3v) is 15.2. The lowest BCUT2D eigenvalue weighted by molar-refractivity contribution is -0.114. The molecule has 4 aromatic rings. The summed E-state index contributed by atoms with van der Waals surface area (Å²) >= 11 is 18.2. The summed E-state index contributed by atoms with van der Waals surface area (Å²) in [4.78, 5) is 31.6. The van der Waals surface area contributed by atoms with Crippen LogP contribution in [0.25, 0.3) is 0 Å². The highest BCUT2D eigenvalue weighted by Gasteiger charge is 2.31. The lowest BCUT2D eigenvalue weighted by Crippen LogP contribution is -2.16. The topological polar surface area (TPSA) is 98.8 Å². The van der Waals surface area contributed by atoms with Crippen molar-refractivity contribution in [2.45, 2.75) is 144 Å². The van der Waals surface area contributed by atoms with E-state index in [1.54, 1.807) is 0 Å². The average Bonchev–Trinajstić information content (AvgIpc) is 3.20. The maximum absolute atomic E-state index is 12.6. The molecule has 364 valence electrons. The van der Waals surface area contributed by atoms with Gasteiger partial charge in [0.25, 0.3) is 10.5 Å². The van der Waals surface area contributed by atoms with Crippen molar-refractivity contribution < 1.29 is 42.7 Å². The number of carbonyl (C=O) groups is 2. The summed E-state index contributed by atoms with van der Waals surface area (Å²) < 4.78 is 44.6. The average molecular weight is 1030 g/mol. The van der Waals surface area contributed by atoms with Crippen LogP contribution in [-0.2, 0) is 45.5 Å². The van der Waals surface area contributed by atoms with Crippen molar-refractivity contribution in [1.29, 1.82) is 0 Å². The predicted octanol–water partition coefficient (Wildman–Crippen LogP) is 13.9. The second-order valence-corrected chi connectivity index (χ2v) is 25.6. The van der Waals surface area contributed by atoms with E-state index in [1.807, 2.05) is 0 Å². The van der Waals surface area contributed by atoms with Crippen molar-refractivity contribution in [3.8, 4) is 23.0 Å². The monoisotopic (exact) mass is 1030 g/mol. The molecule has 0 saturated carbocycles. The zero-order valence-electron chi connectivity index (χ0n) is 40.8. The van der Waals surface area contributed by atoms with E-state index in [1.165, 1.54) is 47.0 Å². The van der Waals surface area contributed by atoms with E-state index in [4.69, 9.17) is 56.4 Å². The third kappa shape index (κ3) is 14.7. The van der Waals surface area contributed by atoms with Crippen molar-refractivity contribution >= 4 is 80.7 Å². The molecule has 0 spiro atoms. The molecule has 6 rings (SSSR count). The first-order chi connectivity index (χ1) is 31.4. The van der Waals surface area contributed by atoms with Gasteiger partial charge in [-0.25, -0.2) is 0 Å². The van der Waals surface area contributed by atoms with Crippen molar-refractivity contribution in [2.75, 3.05) is 66.1 Å². The molecule has 0 fully saturated rings. The van der Waals surface area contributed by atoms with Gasteiger partial charge in [0.2, 0.25) is 0 Å². The summed E-state index contributed by atoms with van der Waals surface area (Å²) in [6.07, 6.45) is 0. The zero-order valence-corrected chi connectivity index (χ0v) is 45.5. The van der Waals surface area contributed by atoms with E-state index in [2.05, 4.69) is 132 Å².